The minimum atomic E-state index is -2.71. The fraction of sp³-hybridized carbons (Fsp3) is 0.818. The zero-order valence-corrected chi connectivity index (χ0v) is 16.3. The Morgan fingerprint density at radius 3 is 2.56 bits per heavy atom. The van der Waals surface area contributed by atoms with E-state index in [0.29, 0.717) is 31.1 Å². The fourth-order valence-electron chi connectivity index (χ4n) is 7.34. The van der Waals surface area contributed by atoms with Gasteiger partial charge in [0.15, 0.2) is 11.6 Å². The Labute approximate surface area is 159 Å². The van der Waals surface area contributed by atoms with Crippen LogP contribution in [0.1, 0.15) is 71.6 Å². The van der Waals surface area contributed by atoms with Crippen LogP contribution in [0.15, 0.2) is 11.6 Å². The van der Waals surface area contributed by atoms with Gasteiger partial charge in [0.1, 0.15) is 5.60 Å². The molecule has 0 unspecified atom stereocenters. The van der Waals surface area contributed by atoms with E-state index in [2.05, 4.69) is 6.92 Å². The Bertz CT molecular complexity index is 702. The largest absolute Gasteiger partial charge is 0.381 e. The van der Waals surface area contributed by atoms with Crippen LogP contribution in [0.25, 0.3) is 0 Å². The first-order valence-corrected chi connectivity index (χ1v) is 10.4. The van der Waals surface area contributed by atoms with Gasteiger partial charge in [-0.3, -0.25) is 9.59 Å². The molecule has 0 amide bonds. The van der Waals surface area contributed by atoms with Crippen molar-refractivity contribution in [3.63, 3.8) is 0 Å². The standard InChI is InChI=1S/C22H30F2O3/c1-20-8-5-14(25)11-13(20)3-4-15-16(20)6-9-21(2)17(15)7-10-22(21,27)18(26)12-19(23)24/h11,15-17,19,27H,3-10,12H2,1-2H3/t15-,16+,17+,20+,21+,22+/m1/s1. The highest BCUT2D eigenvalue weighted by molar-refractivity contribution is 5.91. The predicted molar refractivity (Wildman–Crippen MR) is 97.3 cm³/mol. The highest BCUT2D eigenvalue weighted by atomic mass is 19.3. The van der Waals surface area contributed by atoms with E-state index >= 15 is 0 Å². The molecular formula is C22H30F2O3. The number of aliphatic hydroxyl groups is 1. The van der Waals surface area contributed by atoms with Crippen LogP contribution in [0.5, 0.6) is 0 Å². The molecule has 27 heavy (non-hydrogen) atoms. The summed E-state index contributed by atoms with van der Waals surface area (Å²) in [6.45, 7) is 4.25. The van der Waals surface area contributed by atoms with Gasteiger partial charge in [-0.15, -0.1) is 0 Å². The number of fused-ring (bicyclic) bond motifs is 5. The first-order chi connectivity index (χ1) is 12.6. The van der Waals surface area contributed by atoms with Gasteiger partial charge in [-0.1, -0.05) is 19.4 Å². The lowest BCUT2D eigenvalue weighted by atomic mass is 9.46. The summed E-state index contributed by atoms with van der Waals surface area (Å²) in [7, 11) is 0. The molecule has 4 aliphatic carbocycles. The lowest BCUT2D eigenvalue weighted by Gasteiger charge is -2.58. The molecule has 3 nitrogen and oxygen atoms in total. The molecular weight excluding hydrogens is 350 g/mol. The van der Waals surface area contributed by atoms with Crippen molar-refractivity contribution in [1.29, 1.82) is 0 Å². The van der Waals surface area contributed by atoms with Crippen molar-refractivity contribution in [2.45, 2.75) is 83.7 Å². The van der Waals surface area contributed by atoms with Crippen molar-refractivity contribution in [2.75, 3.05) is 0 Å². The van der Waals surface area contributed by atoms with Crippen molar-refractivity contribution in [3.05, 3.63) is 11.6 Å². The van der Waals surface area contributed by atoms with Crippen LogP contribution < -0.4 is 0 Å². The second-order valence-electron chi connectivity index (χ2n) is 9.84. The third-order valence-electron chi connectivity index (χ3n) is 8.91. The van der Waals surface area contributed by atoms with Crippen LogP contribution in [-0.4, -0.2) is 28.7 Å². The number of alkyl halides is 2. The third kappa shape index (κ3) is 2.60. The average Bonchev–Trinajstić information content (AvgIpc) is 2.88. The molecule has 0 aromatic carbocycles. The second-order valence-corrected chi connectivity index (χ2v) is 9.84. The van der Waals surface area contributed by atoms with Crippen molar-refractivity contribution in [1.82, 2.24) is 0 Å². The molecule has 0 radical (unpaired) electrons. The van der Waals surface area contributed by atoms with Crippen LogP contribution >= 0.6 is 0 Å². The molecule has 0 spiro atoms. The van der Waals surface area contributed by atoms with Crippen LogP contribution in [0.2, 0.25) is 0 Å². The van der Waals surface area contributed by atoms with Gasteiger partial charge in [-0.25, -0.2) is 8.78 Å². The molecule has 3 saturated carbocycles. The van der Waals surface area contributed by atoms with E-state index in [4.69, 9.17) is 0 Å². The lowest BCUT2D eigenvalue weighted by molar-refractivity contribution is -0.164. The first-order valence-electron chi connectivity index (χ1n) is 10.4. The minimum absolute atomic E-state index is 0.0336. The maximum absolute atomic E-state index is 12.8. The molecule has 150 valence electrons. The smallest absolute Gasteiger partial charge is 0.245 e. The summed E-state index contributed by atoms with van der Waals surface area (Å²) in [5.74, 6) is 0.601. The van der Waals surface area contributed by atoms with Crippen LogP contribution in [0.4, 0.5) is 8.78 Å². The lowest BCUT2D eigenvalue weighted by Crippen LogP contribution is -2.57. The number of hydrogen-bond acceptors (Lipinski definition) is 3. The number of ketones is 2. The van der Waals surface area contributed by atoms with Crippen molar-refractivity contribution in [2.24, 2.45) is 28.6 Å². The van der Waals surface area contributed by atoms with Crippen molar-refractivity contribution >= 4 is 11.6 Å². The molecule has 0 aliphatic heterocycles. The Hall–Kier alpha value is -1.10. The summed E-state index contributed by atoms with van der Waals surface area (Å²) in [5, 5.41) is 11.2. The molecule has 0 aromatic heterocycles. The van der Waals surface area contributed by atoms with Crippen LogP contribution in [0.3, 0.4) is 0 Å². The number of rotatable bonds is 3. The number of allylic oxidation sites excluding steroid dienone is 1. The number of Topliss-reactive ketones (excluding diaryl/α,β-unsaturated/α-hetero) is 1. The highest BCUT2D eigenvalue weighted by Gasteiger charge is 2.66. The molecule has 4 aliphatic rings. The summed E-state index contributed by atoms with van der Waals surface area (Å²) < 4.78 is 25.7. The van der Waals surface area contributed by atoms with Crippen molar-refractivity contribution < 1.29 is 23.5 Å². The average molecular weight is 380 g/mol. The van der Waals surface area contributed by atoms with E-state index in [1.807, 2.05) is 13.0 Å². The monoisotopic (exact) mass is 380 g/mol. The number of hydrogen-bond donors (Lipinski definition) is 1. The van der Waals surface area contributed by atoms with E-state index in [1.54, 1.807) is 0 Å². The van der Waals surface area contributed by atoms with E-state index in [9.17, 15) is 23.5 Å². The summed E-state index contributed by atoms with van der Waals surface area (Å²) >= 11 is 0. The molecule has 5 heteroatoms. The Balaban J connectivity index is 1.64. The number of carbonyl (C=O) groups is 2. The maximum atomic E-state index is 12.8. The molecule has 0 saturated heterocycles. The normalized spacial score (nSPS) is 46.5. The fourth-order valence-corrected chi connectivity index (χ4v) is 7.34. The SMILES string of the molecule is C[C@]12CCC(=O)C=C1CC[C@@H]1[C@@H]2CC[C@@]2(C)[C@H]1CC[C@]2(O)C(=O)CC(F)F. The highest BCUT2D eigenvalue weighted by Crippen LogP contribution is 2.67. The molecule has 1 N–H and O–H groups in total. The van der Waals surface area contributed by atoms with E-state index in [-0.39, 0.29) is 17.1 Å². The van der Waals surface area contributed by atoms with E-state index in [0.717, 1.165) is 32.1 Å². The zero-order chi connectivity index (χ0) is 19.6. The van der Waals surface area contributed by atoms with Gasteiger partial charge in [0.2, 0.25) is 6.43 Å². The molecule has 0 bridgehead atoms. The molecule has 3 fully saturated rings. The van der Waals surface area contributed by atoms with E-state index < -0.39 is 29.6 Å². The molecule has 0 aromatic rings. The topological polar surface area (TPSA) is 54.4 Å². The molecule has 0 heterocycles. The van der Waals surface area contributed by atoms with Gasteiger partial charge >= 0.3 is 0 Å². The van der Waals surface area contributed by atoms with Gasteiger partial charge in [-0.05, 0) is 74.2 Å². The summed E-state index contributed by atoms with van der Waals surface area (Å²) in [6.07, 6.45) is 4.30. The zero-order valence-electron chi connectivity index (χ0n) is 16.3. The van der Waals surface area contributed by atoms with Crippen LogP contribution in [-0.2, 0) is 9.59 Å². The Kier molecular flexibility index (Phi) is 4.41. The predicted octanol–water partition coefficient (Wildman–Crippen LogP) is 4.47. The molecule has 4 rings (SSSR count). The van der Waals surface area contributed by atoms with Gasteiger partial charge in [-0.2, -0.15) is 0 Å². The quantitative estimate of drug-likeness (QED) is 0.786. The Morgan fingerprint density at radius 1 is 1.15 bits per heavy atom. The van der Waals surface area contributed by atoms with Gasteiger partial charge in [0.05, 0.1) is 6.42 Å². The maximum Gasteiger partial charge on any atom is 0.245 e. The summed E-state index contributed by atoms with van der Waals surface area (Å²) in [4.78, 5) is 24.4. The van der Waals surface area contributed by atoms with Crippen LogP contribution in [0, 0.1) is 28.6 Å². The summed E-state index contributed by atoms with van der Waals surface area (Å²) in [5.41, 5.74) is -0.905. The van der Waals surface area contributed by atoms with Gasteiger partial charge in [0.25, 0.3) is 0 Å². The van der Waals surface area contributed by atoms with Gasteiger partial charge < -0.3 is 5.11 Å². The third-order valence-corrected chi connectivity index (χ3v) is 8.91. The van der Waals surface area contributed by atoms with Crippen molar-refractivity contribution in [3.8, 4) is 0 Å². The van der Waals surface area contributed by atoms with E-state index in [1.165, 1.54) is 5.57 Å². The minimum Gasteiger partial charge on any atom is -0.381 e. The summed E-state index contributed by atoms with van der Waals surface area (Å²) in [6, 6.07) is 0. The van der Waals surface area contributed by atoms with Gasteiger partial charge in [0, 0.05) is 11.8 Å². The number of carbonyl (C=O) groups excluding carboxylic acids is 2. The first kappa shape index (κ1) is 19.2. The molecule has 6 atom stereocenters. The Morgan fingerprint density at radius 2 is 1.85 bits per heavy atom. The second kappa shape index (κ2) is 6.20. The number of halogens is 2.